The first kappa shape index (κ1) is 16.8. The van der Waals surface area contributed by atoms with Gasteiger partial charge in [-0.1, -0.05) is 25.1 Å². The highest BCUT2D eigenvalue weighted by Crippen LogP contribution is 2.30. The molecule has 1 aliphatic rings. The molecule has 0 aromatic heterocycles. The summed E-state index contributed by atoms with van der Waals surface area (Å²) in [6, 6.07) is 5.08. The van der Waals surface area contributed by atoms with Gasteiger partial charge in [-0.05, 0) is 30.9 Å². The number of aliphatic hydroxyl groups excluding tert-OH is 1. The van der Waals surface area contributed by atoms with Gasteiger partial charge in [-0.15, -0.1) is 0 Å². The molecule has 0 aliphatic carbocycles. The molecule has 1 fully saturated rings. The minimum Gasteiger partial charge on any atom is -0.391 e. The predicted molar refractivity (Wildman–Crippen MR) is 76.1 cm³/mol. The van der Waals surface area contributed by atoms with Crippen LogP contribution in [0.2, 0.25) is 0 Å². The topological polar surface area (TPSA) is 40.5 Å². The van der Waals surface area contributed by atoms with Crippen molar-refractivity contribution in [1.29, 1.82) is 0 Å². The van der Waals surface area contributed by atoms with Crippen molar-refractivity contribution in [2.75, 3.05) is 13.1 Å². The average Bonchev–Trinajstić information content (AvgIpc) is 2.46. The number of alkyl halides is 3. The van der Waals surface area contributed by atoms with Crippen LogP contribution < -0.4 is 0 Å². The van der Waals surface area contributed by atoms with Crippen molar-refractivity contribution in [1.82, 2.24) is 4.90 Å². The molecule has 1 aliphatic heterocycles. The van der Waals surface area contributed by atoms with Gasteiger partial charge in [0.05, 0.1) is 11.7 Å². The van der Waals surface area contributed by atoms with Crippen LogP contribution in [0.15, 0.2) is 24.3 Å². The molecule has 1 N–H and O–H groups in total. The van der Waals surface area contributed by atoms with Crippen LogP contribution >= 0.6 is 0 Å². The van der Waals surface area contributed by atoms with Crippen LogP contribution in [0.5, 0.6) is 0 Å². The van der Waals surface area contributed by atoms with Gasteiger partial charge in [0.1, 0.15) is 0 Å². The van der Waals surface area contributed by atoms with E-state index in [-0.39, 0.29) is 12.3 Å². The van der Waals surface area contributed by atoms with E-state index in [0.29, 0.717) is 25.1 Å². The molecule has 0 spiro atoms. The van der Waals surface area contributed by atoms with E-state index in [1.54, 1.807) is 17.9 Å². The number of carbonyl (C=O) groups is 1. The van der Waals surface area contributed by atoms with Gasteiger partial charge in [-0.25, -0.2) is 0 Å². The first-order chi connectivity index (χ1) is 10.3. The maximum Gasteiger partial charge on any atom is 0.416 e. The molecule has 1 heterocycles. The van der Waals surface area contributed by atoms with Crippen LogP contribution in [-0.4, -0.2) is 35.1 Å². The van der Waals surface area contributed by atoms with Crippen LogP contribution in [0.3, 0.4) is 0 Å². The molecule has 6 heteroatoms. The van der Waals surface area contributed by atoms with Crippen molar-refractivity contribution < 1.29 is 23.1 Å². The van der Waals surface area contributed by atoms with Gasteiger partial charge in [-0.2, -0.15) is 13.2 Å². The zero-order chi connectivity index (χ0) is 16.3. The number of benzene rings is 1. The van der Waals surface area contributed by atoms with Gasteiger partial charge >= 0.3 is 6.18 Å². The zero-order valence-electron chi connectivity index (χ0n) is 12.4. The van der Waals surface area contributed by atoms with E-state index >= 15 is 0 Å². The fraction of sp³-hybridized carbons (Fsp3) is 0.562. The first-order valence-electron chi connectivity index (χ1n) is 7.40. The normalized spacial score (nSPS) is 20.8. The summed E-state index contributed by atoms with van der Waals surface area (Å²) in [6.07, 6.45) is -3.18. The number of rotatable bonds is 3. The molecule has 0 bridgehead atoms. The lowest BCUT2D eigenvalue weighted by atomic mass is 9.97. The molecule has 1 saturated heterocycles. The minimum atomic E-state index is -4.37. The number of amides is 1. The van der Waals surface area contributed by atoms with E-state index in [0.717, 1.165) is 18.6 Å². The average molecular weight is 315 g/mol. The summed E-state index contributed by atoms with van der Waals surface area (Å²) >= 11 is 0. The molecule has 22 heavy (non-hydrogen) atoms. The summed E-state index contributed by atoms with van der Waals surface area (Å²) < 4.78 is 38.1. The monoisotopic (exact) mass is 315 g/mol. The summed E-state index contributed by atoms with van der Waals surface area (Å²) in [5.74, 6) is -0.523. The van der Waals surface area contributed by atoms with Crippen LogP contribution in [0.4, 0.5) is 13.2 Å². The van der Waals surface area contributed by atoms with Crippen LogP contribution in [0.25, 0.3) is 0 Å². The van der Waals surface area contributed by atoms with Gasteiger partial charge in [0.2, 0.25) is 5.91 Å². The molecule has 0 saturated carbocycles. The molecule has 2 rings (SSSR count). The van der Waals surface area contributed by atoms with E-state index in [1.165, 1.54) is 6.07 Å². The predicted octanol–water partition coefficient (Wildman–Crippen LogP) is 2.87. The molecular formula is C16H20F3NO2. The molecular weight excluding hydrogens is 295 g/mol. The SMILES string of the molecule is CC(Cc1cccc(C(F)(F)F)c1)C(=O)N1CCCC(O)C1. The summed E-state index contributed by atoms with van der Waals surface area (Å²) in [7, 11) is 0. The second-order valence-corrected chi connectivity index (χ2v) is 5.88. The first-order valence-corrected chi connectivity index (χ1v) is 7.40. The van der Waals surface area contributed by atoms with Crippen molar-refractivity contribution >= 4 is 5.91 Å². The number of hydrogen-bond acceptors (Lipinski definition) is 2. The molecule has 1 aromatic carbocycles. The number of hydrogen-bond donors (Lipinski definition) is 1. The molecule has 3 nitrogen and oxygen atoms in total. The summed E-state index contributed by atoms with van der Waals surface area (Å²) in [4.78, 5) is 13.9. The Morgan fingerprint density at radius 1 is 1.45 bits per heavy atom. The van der Waals surface area contributed by atoms with Gasteiger partial charge in [0.25, 0.3) is 0 Å². The van der Waals surface area contributed by atoms with Gasteiger partial charge in [0, 0.05) is 19.0 Å². The Kier molecular flexibility index (Phi) is 5.11. The molecule has 1 aromatic rings. The Bertz CT molecular complexity index is 530. The number of aliphatic hydroxyl groups is 1. The van der Waals surface area contributed by atoms with Crippen molar-refractivity contribution in [3.8, 4) is 0 Å². The second-order valence-electron chi connectivity index (χ2n) is 5.88. The lowest BCUT2D eigenvalue weighted by Crippen LogP contribution is -2.44. The Morgan fingerprint density at radius 3 is 2.82 bits per heavy atom. The Balaban J connectivity index is 2.02. The quantitative estimate of drug-likeness (QED) is 0.932. The second kappa shape index (κ2) is 6.69. The van der Waals surface area contributed by atoms with E-state index in [9.17, 15) is 23.1 Å². The molecule has 122 valence electrons. The van der Waals surface area contributed by atoms with Gasteiger partial charge < -0.3 is 10.0 Å². The maximum absolute atomic E-state index is 12.7. The zero-order valence-corrected chi connectivity index (χ0v) is 12.4. The third-order valence-electron chi connectivity index (χ3n) is 3.93. The Hall–Kier alpha value is -1.56. The number of nitrogens with zero attached hydrogens (tertiary/aromatic N) is 1. The smallest absolute Gasteiger partial charge is 0.391 e. The largest absolute Gasteiger partial charge is 0.416 e. The van der Waals surface area contributed by atoms with Crippen LogP contribution in [0.1, 0.15) is 30.9 Å². The Labute approximate surface area is 127 Å². The van der Waals surface area contributed by atoms with E-state index in [2.05, 4.69) is 0 Å². The number of piperidine rings is 1. The van der Waals surface area contributed by atoms with E-state index in [4.69, 9.17) is 0 Å². The highest BCUT2D eigenvalue weighted by molar-refractivity contribution is 5.79. The minimum absolute atomic E-state index is 0.115. The van der Waals surface area contributed by atoms with Gasteiger partial charge in [0.15, 0.2) is 0 Å². The molecule has 2 atom stereocenters. The van der Waals surface area contributed by atoms with Crippen molar-refractivity contribution in [3.63, 3.8) is 0 Å². The van der Waals surface area contributed by atoms with Crippen LogP contribution in [-0.2, 0) is 17.4 Å². The maximum atomic E-state index is 12.7. The lowest BCUT2D eigenvalue weighted by Gasteiger charge is -2.32. The van der Waals surface area contributed by atoms with Crippen molar-refractivity contribution in [2.45, 2.75) is 38.5 Å². The molecule has 2 unspecified atom stereocenters. The number of carbonyl (C=O) groups excluding carboxylic acids is 1. The third-order valence-corrected chi connectivity index (χ3v) is 3.93. The van der Waals surface area contributed by atoms with E-state index < -0.39 is 23.8 Å². The fourth-order valence-electron chi connectivity index (χ4n) is 2.78. The highest BCUT2D eigenvalue weighted by Gasteiger charge is 2.31. The van der Waals surface area contributed by atoms with Crippen LogP contribution in [0, 0.1) is 5.92 Å². The summed E-state index contributed by atoms with van der Waals surface area (Å²) in [5.41, 5.74) is -0.203. The van der Waals surface area contributed by atoms with E-state index in [1.807, 2.05) is 0 Å². The molecule has 0 radical (unpaired) electrons. The number of halogens is 3. The third kappa shape index (κ3) is 4.22. The van der Waals surface area contributed by atoms with Crippen molar-refractivity contribution in [2.24, 2.45) is 5.92 Å². The summed E-state index contributed by atoms with van der Waals surface area (Å²) in [6.45, 7) is 2.62. The highest BCUT2D eigenvalue weighted by atomic mass is 19.4. The Morgan fingerprint density at radius 2 is 2.18 bits per heavy atom. The number of β-amino-alcohol motifs (C(OH)–C–C–N with tert-alkyl or cyclic N) is 1. The number of likely N-dealkylation sites (tertiary alicyclic amines) is 1. The van der Waals surface area contributed by atoms with Gasteiger partial charge in [-0.3, -0.25) is 4.79 Å². The molecule has 1 amide bonds. The lowest BCUT2D eigenvalue weighted by molar-refractivity contribution is -0.138. The standard InChI is InChI=1S/C16H20F3NO2/c1-11(15(22)20-7-3-6-14(21)10-20)8-12-4-2-5-13(9-12)16(17,18)19/h2,4-5,9,11,14,21H,3,6-8,10H2,1H3. The fourth-order valence-corrected chi connectivity index (χ4v) is 2.78. The summed E-state index contributed by atoms with van der Waals surface area (Å²) in [5, 5.41) is 9.61. The van der Waals surface area contributed by atoms with Crippen molar-refractivity contribution in [3.05, 3.63) is 35.4 Å².